The average molecular weight is 267 g/mol. The van der Waals surface area contributed by atoms with Crippen LogP contribution >= 0.6 is 15.9 Å². The molecule has 0 aromatic heterocycles. The summed E-state index contributed by atoms with van der Waals surface area (Å²) in [5.74, 6) is 0.775. The number of rotatable bonds is 1. The minimum Gasteiger partial charge on any atom is -0.0890 e. The lowest BCUT2D eigenvalue weighted by molar-refractivity contribution is 0.599. The van der Waals surface area contributed by atoms with Crippen molar-refractivity contribution < 1.29 is 0 Å². The van der Waals surface area contributed by atoms with Crippen LogP contribution in [0.3, 0.4) is 0 Å². The number of hydrogen-bond donors (Lipinski definition) is 0. The Morgan fingerprint density at radius 3 is 2.80 bits per heavy atom. The van der Waals surface area contributed by atoms with Gasteiger partial charge >= 0.3 is 0 Å². The zero-order valence-electron chi connectivity index (χ0n) is 9.38. The SMILES string of the molecule is Cc1cccc(C2CCCCC(Br)C2)c1. The molecule has 0 spiro atoms. The van der Waals surface area contributed by atoms with Gasteiger partial charge in [-0.1, -0.05) is 58.6 Å². The summed E-state index contributed by atoms with van der Waals surface area (Å²) in [5.41, 5.74) is 2.93. The van der Waals surface area contributed by atoms with Crippen LogP contribution in [0.25, 0.3) is 0 Å². The summed E-state index contributed by atoms with van der Waals surface area (Å²) in [5, 5.41) is 0. The third-order valence-corrected chi connectivity index (χ3v) is 4.21. The van der Waals surface area contributed by atoms with E-state index in [-0.39, 0.29) is 0 Å². The molecule has 1 aliphatic carbocycles. The molecule has 2 atom stereocenters. The zero-order chi connectivity index (χ0) is 10.7. The first-order valence-corrected chi connectivity index (χ1v) is 6.88. The number of alkyl halides is 1. The van der Waals surface area contributed by atoms with Crippen LogP contribution in [0.15, 0.2) is 24.3 Å². The van der Waals surface area contributed by atoms with Gasteiger partial charge in [0.1, 0.15) is 0 Å². The van der Waals surface area contributed by atoms with Gasteiger partial charge in [-0.2, -0.15) is 0 Å². The lowest BCUT2D eigenvalue weighted by atomic mass is 9.91. The molecule has 15 heavy (non-hydrogen) atoms. The molecule has 82 valence electrons. The van der Waals surface area contributed by atoms with Crippen LogP contribution in [0, 0.1) is 6.92 Å². The number of aryl methyl sites for hydroxylation is 1. The highest BCUT2D eigenvalue weighted by molar-refractivity contribution is 9.09. The largest absolute Gasteiger partial charge is 0.0890 e. The first-order chi connectivity index (χ1) is 7.25. The van der Waals surface area contributed by atoms with E-state index in [1.165, 1.54) is 37.7 Å². The van der Waals surface area contributed by atoms with E-state index in [9.17, 15) is 0 Å². The molecule has 1 heteroatoms. The van der Waals surface area contributed by atoms with Gasteiger partial charge in [-0.25, -0.2) is 0 Å². The van der Waals surface area contributed by atoms with Crippen molar-refractivity contribution in [1.29, 1.82) is 0 Å². The summed E-state index contributed by atoms with van der Waals surface area (Å²) in [4.78, 5) is 0.727. The highest BCUT2D eigenvalue weighted by Gasteiger charge is 2.19. The highest BCUT2D eigenvalue weighted by Crippen LogP contribution is 2.34. The topological polar surface area (TPSA) is 0 Å². The van der Waals surface area contributed by atoms with Crippen molar-refractivity contribution >= 4 is 15.9 Å². The van der Waals surface area contributed by atoms with E-state index in [0.29, 0.717) is 0 Å². The number of benzene rings is 1. The summed E-state index contributed by atoms with van der Waals surface area (Å²) >= 11 is 3.79. The number of hydrogen-bond acceptors (Lipinski definition) is 0. The van der Waals surface area contributed by atoms with Crippen molar-refractivity contribution in [3.8, 4) is 0 Å². The molecule has 0 bridgehead atoms. The maximum absolute atomic E-state index is 3.79. The predicted octanol–water partition coefficient (Wildman–Crippen LogP) is 4.81. The van der Waals surface area contributed by atoms with Gasteiger partial charge in [0, 0.05) is 4.83 Å². The predicted molar refractivity (Wildman–Crippen MR) is 69.7 cm³/mol. The first kappa shape index (κ1) is 11.2. The molecule has 0 nitrogen and oxygen atoms in total. The fourth-order valence-electron chi connectivity index (χ4n) is 2.53. The molecule has 0 saturated heterocycles. The Kier molecular flexibility index (Phi) is 3.85. The summed E-state index contributed by atoms with van der Waals surface area (Å²) in [7, 11) is 0. The molecule has 0 heterocycles. The second kappa shape index (κ2) is 5.16. The molecule has 0 aliphatic heterocycles. The second-order valence-corrected chi connectivity index (χ2v) is 6.02. The second-order valence-electron chi connectivity index (χ2n) is 4.73. The molecule has 2 rings (SSSR count). The van der Waals surface area contributed by atoms with Crippen molar-refractivity contribution in [1.82, 2.24) is 0 Å². The molecular formula is C14H19Br. The summed E-state index contributed by atoms with van der Waals surface area (Å²) in [6, 6.07) is 9.03. The van der Waals surface area contributed by atoms with Gasteiger partial charge in [-0.15, -0.1) is 0 Å². The number of halogens is 1. The van der Waals surface area contributed by atoms with Crippen LogP contribution in [-0.2, 0) is 0 Å². The van der Waals surface area contributed by atoms with Crippen molar-refractivity contribution in [3.63, 3.8) is 0 Å². The molecule has 0 N–H and O–H groups in total. The van der Waals surface area contributed by atoms with Crippen molar-refractivity contribution in [2.75, 3.05) is 0 Å². The van der Waals surface area contributed by atoms with Crippen molar-refractivity contribution in [3.05, 3.63) is 35.4 Å². The summed E-state index contributed by atoms with van der Waals surface area (Å²) in [6.45, 7) is 2.19. The van der Waals surface area contributed by atoms with E-state index < -0.39 is 0 Å². The average Bonchev–Trinajstić information content (AvgIpc) is 2.43. The molecule has 1 aromatic rings. The first-order valence-electron chi connectivity index (χ1n) is 5.96. The molecule has 1 aliphatic rings. The summed E-state index contributed by atoms with van der Waals surface area (Å²) in [6.07, 6.45) is 6.80. The summed E-state index contributed by atoms with van der Waals surface area (Å²) < 4.78 is 0. The van der Waals surface area contributed by atoms with Gasteiger partial charge in [-0.05, 0) is 37.7 Å². The zero-order valence-corrected chi connectivity index (χ0v) is 11.0. The van der Waals surface area contributed by atoms with Crippen LogP contribution in [0.1, 0.15) is 49.1 Å². The Labute approximate surface area is 101 Å². The standard InChI is InChI=1S/C14H19Br/c1-11-5-4-7-12(9-11)13-6-2-3-8-14(15)10-13/h4-5,7,9,13-14H,2-3,6,8,10H2,1H3. The van der Waals surface area contributed by atoms with Crippen molar-refractivity contribution in [2.45, 2.75) is 49.8 Å². The molecule has 0 amide bonds. The molecule has 2 unspecified atom stereocenters. The van der Waals surface area contributed by atoms with Gasteiger partial charge in [-0.3, -0.25) is 0 Å². The van der Waals surface area contributed by atoms with E-state index in [1.54, 1.807) is 5.56 Å². The Morgan fingerprint density at radius 2 is 2.00 bits per heavy atom. The van der Waals surface area contributed by atoms with E-state index in [4.69, 9.17) is 0 Å². The van der Waals surface area contributed by atoms with E-state index in [0.717, 1.165) is 10.7 Å². The van der Waals surface area contributed by atoms with Crippen LogP contribution < -0.4 is 0 Å². The van der Waals surface area contributed by atoms with Crippen LogP contribution in [0.5, 0.6) is 0 Å². The van der Waals surface area contributed by atoms with E-state index in [1.807, 2.05) is 0 Å². The molecule has 1 saturated carbocycles. The maximum Gasteiger partial charge on any atom is 0.0151 e. The lowest BCUT2D eigenvalue weighted by Gasteiger charge is -2.17. The molecule has 1 aromatic carbocycles. The van der Waals surface area contributed by atoms with Crippen LogP contribution in [0.4, 0.5) is 0 Å². The smallest absolute Gasteiger partial charge is 0.0151 e. The van der Waals surface area contributed by atoms with Gasteiger partial charge < -0.3 is 0 Å². The van der Waals surface area contributed by atoms with E-state index in [2.05, 4.69) is 47.1 Å². The van der Waals surface area contributed by atoms with Gasteiger partial charge in [0.25, 0.3) is 0 Å². The fraction of sp³-hybridized carbons (Fsp3) is 0.571. The van der Waals surface area contributed by atoms with Crippen molar-refractivity contribution in [2.24, 2.45) is 0 Å². The van der Waals surface area contributed by atoms with Crippen LogP contribution in [-0.4, -0.2) is 4.83 Å². The monoisotopic (exact) mass is 266 g/mol. The molecule has 1 fully saturated rings. The minimum absolute atomic E-state index is 0.727. The highest BCUT2D eigenvalue weighted by atomic mass is 79.9. The molecule has 0 radical (unpaired) electrons. The third kappa shape index (κ3) is 3.07. The third-order valence-electron chi connectivity index (χ3n) is 3.37. The van der Waals surface area contributed by atoms with Gasteiger partial charge in [0.05, 0.1) is 0 Å². The normalized spacial score (nSPS) is 27.3. The molecular weight excluding hydrogens is 248 g/mol. The minimum atomic E-state index is 0.727. The van der Waals surface area contributed by atoms with Gasteiger partial charge in [0.15, 0.2) is 0 Å². The Balaban J connectivity index is 2.14. The van der Waals surface area contributed by atoms with Crippen LogP contribution in [0.2, 0.25) is 0 Å². The Morgan fingerprint density at radius 1 is 1.20 bits per heavy atom. The van der Waals surface area contributed by atoms with Gasteiger partial charge in [0.2, 0.25) is 0 Å². The lowest BCUT2D eigenvalue weighted by Crippen LogP contribution is -2.03. The Hall–Kier alpha value is -0.300. The Bertz CT molecular complexity index is 319. The van der Waals surface area contributed by atoms with E-state index >= 15 is 0 Å². The fourth-order valence-corrected chi connectivity index (χ4v) is 3.30. The maximum atomic E-state index is 3.79. The quantitative estimate of drug-likeness (QED) is 0.506.